The molecule has 1 unspecified atom stereocenters. The van der Waals surface area contributed by atoms with Crippen molar-refractivity contribution in [2.24, 2.45) is 0 Å². The molecule has 0 saturated carbocycles. The second-order valence-electron chi connectivity index (χ2n) is 5.26. The average molecular weight is 300 g/mol. The third-order valence-corrected chi connectivity index (χ3v) is 3.52. The van der Waals surface area contributed by atoms with Crippen LogP contribution >= 0.6 is 0 Å². The first-order valence-corrected chi connectivity index (χ1v) is 7.44. The Labute approximate surface area is 130 Å². The molecule has 0 saturated heterocycles. The van der Waals surface area contributed by atoms with Gasteiger partial charge in [-0.1, -0.05) is 31.2 Å². The van der Waals surface area contributed by atoms with Gasteiger partial charge in [-0.2, -0.15) is 0 Å². The zero-order chi connectivity index (χ0) is 15.9. The molecule has 0 spiro atoms. The molecule has 3 nitrogen and oxygen atoms in total. The molecular weight excluding hydrogens is 279 g/mol. The van der Waals surface area contributed by atoms with Crippen LogP contribution in [0.5, 0.6) is 0 Å². The summed E-state index contributed by atoms with van der Waals surface area (Å²) in [4.78, 5) is 10.9. The molecule has 0 aliphatic heterocycles. The van der Waals surface area contributed by atoms with Gasteiger partial charge in [0.15, 0.2) is 0 Å². The van der Waals surface area contributed by atoms with Gasteiger partial charge in [0.1, 0.15) is 5.82 Å². The Hall–Kier alpha value is -2.36. The second-order valence-corrected chi connectivity index (χ2v) is 5.26. The predicted molar refractivity (Wildman–Crippen MR) is 87.0 cm³/mol. The standard InChI is InChI=1S/C18H21FN2O/c1-3-18(15-6-8-16(19)9-7-15)21-17-10-4-14(5-11-17)12-20-13(2)22/h4-11,18,21H,3,12H2,1-2H3,(H,20,22). The highest BCUT2D eigenvalue weighted by Gasteiger charge is 2.09. The molecule has 0 fully saturated rings. The minimum atomic E-state index is -0.221. The van der Waals surface area contributed by atoms with Crippen molar-refractivity contribution in [1.82, 2.24) is 5.32 Å². The molecule has 0 aromatic heterocycles. The van der Waals surface area contributed by atoms with Crippen LogP contribution in [0.15, 0.2) is 48.5 Å². The summed E-state index contributed by atoms with van der Waals surface area (Å²) in [5.41, 5.74) is 3.12. The zero-order valence-electron chi connectivity index (χ0n) is 12.9. The molecule has 116 valence electrons. The molecule has 2 rings (SSSR count). The first kappa shape index (κ1) is 16.0. The minimum Gasteiger partial charge on any atom is -0.378 e. The summed E-state index contributed by atoms with van der Waals surface area (Å²) in [7, 11) is 0. The lowest BCUT2D eigenvalue weighted by molar-refractivity contribution is -0.119. The Morgan fingerprint density at radius 1 is 1.09 bits per heavy atom. The van der Waals surface area contributed by atoms with Crippen molar-refractivity contribution in [2.75, 3.05) is 5.32 Å². The highest BCUT2D eigenvalue weighted by atomic mass is 19.1. The summed E-state index contributed by atoms with van der Waals surface area (Å²) >= 11 is 0. The largest absolute Gasteiger partial charge is 0.378 e. The molecule has 22 heavy (non-hydrogen) atoms. The number of hydrogen-bond acceptors (Lipinski definition) is 2. The van der Waals surface area contributed by atoms with Crippen molar-refractivity contribution in [2.45, 2.75) is 32.9 Å². The lowest BCUT2D eigenvalue weighted by Crippen LogP contribution is -2.18. The molecule has 0 aliphatic rings. The number of benzene rings is 2. The van der Waals surface area contributed by atoms with Crippen LogP contribution in [0.25, 0.3) is 0 Å². The fraction of sp³-hybridized carbons (Fsp3) is 0.278. The first-order chi connectivity index (χ1) is 10.6. The molecule has 0 heterocycles. The van der Waals surface area contributed by atoms with Gasteiger partial charge in [-0.25, -0.2) is 4.39 Å². The van der Waals surface area contributed by atoms with Crippen LogP contribution in [0.1, 0.15) is 37.4 Å². The van der Waals surface area contributed by atoms with Crippen molar-refractivity contribution < 1.29 is 9.18 Å². The van der Waals surface area contributed by atoms with Crippen LogP contribution in [0.4, 0.5) is 10.1 Å². The molecular formula is C18H21FN2O. The number of carbonyl (C=O) groups excluding carboxylic acids is 1. The van der Waals surface area contributed by atoms with E-state index in [-0.39, 0.29) is 17.8 Å². The van der Waals surface area contributed by atoms with Crippen LogP contribution in [0, 0.1) is 5.82 Å². The van der Waals surface area contributed by atoms with Crippen molar-refractivity contribution in [3.63, 3.8) is 0 Å². The highest BCUT2D eigenvalue weighted by molar-refractivity contribution is 5.72. The van der Waals surface area contributed by atoms with Crippen LogP contribution in [-0.2, 0) is 11.3 Å². The maximum Gasteiger partial charge on any atom is 0.217 e. The molecule has 1 atom stereocenters. The molecule has 2 aromatic rings. The molecule has 0 radical (unpaired) electrons. The maximum atomic E-state index is 13.0. The Morgan fingerprint density at radius 2 is 1.73 bits per heavy atom. The second kappa shape index (κ2) is 7.59. The normalized spacial score (nSPS) is 11.8. The third-order valence-electron chi connectivity index (χ3n) is 3.52. The lowest BCUT2D eigenvalue weighted by Gasteiger charge is -2.19. The first-order valence-electron chi connectivity index (χ1n) is 7.44. The summed E-state index contributed by atoms with van der Waals surface area (Å²) in [5.74, 6) is -0.259. The van der Waals surface area contributed by atoms with Gasteiger partial charge in [0.05, 0.1) is 6.04 Å². The predicted octanol–water partition coefficient (Wildman–Crippen LogP) is 4.03. The van der Waals surface area contributed by atoms with Gasteiger partial charge in [-0.3, -0.25) is 4.79 Å². The smallest absolute Gasteiger partial charge is 0.217 e. The Morgan fingerprint density at radius 3 is 2.27 bits per heavy atom. The van der Waals surface area contributed by atoms with Crippen molar-refractivity contribution in [3.05, 3.63) is 65.5 Å². The molecule has 1 amide bonds. The van der Waals surface area contributed by atoms with Crippen LogP contribution < -0.4 is 10.6 Å². The Bertz CT molecular complexity index is 608. The van der Waals surface area contributed by atoms with Crippen LogP contribution in [-0.4, -0.2) is 5.91 Å². The zero-order valence-corrected chi connectivity index (χ0v) is 12.9. The topological polar surface area (TPSA) is 41.1 Å². The van der Waals surface area contributed by atoms with E-state index in [0.717, 1.165) is 23.2 Å². The van der Waals surface area contributed by atoms with E-state index in [4.69, 9.17) is 0 Å². The van der Waals surface area contributed by atoms with Gasteiger partial charge in [0.2, 0.25) is 5.91 Å². The van der Waals surface area contributed by atoms with Crippen molar-refractivity contribution >= 4 is 11.6 Å². The molecule has 2 aromatic carbocycles. The van der Waals surface area contributed by atoms with E-state index in [1.165, 1.54) is 19.1 Å². The summed E-state index contributed by atoms with van der Waals surface area (Å²) in [5, 5.41) is 6.22. The number of nitrogens with one attached hydrogen (secondary N) is 2. The van der Waals surface area contributed by atoms with Gasteiger partial charge in [-0.15, -0.1) is 0 Å². The monoisotopic (exact) mass is 300 g/mol. The van der Waals surface area contributed by atoms with E-state index >= 15 is 0 Å². The van der Waals surface area contributed by atoms with Crippen LogP contribution in [0.2, 0.25) is 0 Å². The molecule has 2 N–H and O–H groups in total. The van der Waals surface area contributed by atoms with E-state index < -0.39 is 0 Å². The molecule has 0 aliphatic carbocycles. The van der Waals surface area contributed by atoms with Gasteiger partial charge in [-0.05, 0) is 41.8 Å². The van der Waals surface area contributed by atoms with E-state index in [1.807, 2.05) is 36.4 Å². The van der Waals surface area contributed by atoms with Crippen molar-refractivity contribution in [1.29, 1.82) is 0 Å². The van der Waals surface area contributed by atoms with E-state index in [2.05, 4.69) is 17.6 Å². The number of amides is 1. The van der Waals surface area contributed by atoms with Crippen molar-refractivity contribution in [3.8, 4) is 0 Å². The molecule has 4 heteroatoms. The third kappa shape index (κ3) is 4.58. The summed E-state index contributed by atoms with van der Waals surface area (Å²) < 4.78 is 13.0. The van der Waals surface area contributed by atoms with Gasteiger partial charge in [0.25, 0.3) is 0 Å². The minimum absolute atomic E-state index is 0.0374. The van der Waals surface area contributed by atoms with Gasteiger partial charge in [0, 0.05) is 19.2 Å². The van der Waals surface area contributed by atoms with E-state index in [0.29, 0.717) is 6.54 Å². The Kier molecular flexibility index (Phi) is 5.53. The fourth-order valence-corrected chi connectivity index (χ4v) is 2.26. The summed E-state index contributed by atoms with van der Waals surface area (Å²) in [6.07, 6.45) is 0.902. The summed E-state index contributed by atoms with van der Waals surface area (Å²) in [6.45, 7) is 4.13. The summed E-state index contributed by atoms with van der Waals surface area (Å²) in [6, 6.07) is 14.7. The number of anilines is 1. The SMILES string of the molecule is CCC(Nc1ccc(CNC(C)=O)cc1)c1ccc(F)cc1. The maximum absolute atomic E-state index is 13.0. The van der Waals surface area contributed by atoms with Gasteiger partial charge >= 0.3 is 0 Å². The van der Waals surface area contributed by atoms with E-state index in [9.17, 15) is 9.18 Å². The number of carbonyl (C=O) groups is 1. The van der Waals surface area contributed by atoms with Gasteiger partial charge < -0.3 is 10.6 Å². The fourth-order valence-electron chi connectivity index (χ4n) is 2.26. The highest BCUT2D eigenvalue weighted by Crippen LogP contribution is 2.23. The number of halogens is 1. The quantitative estimate of drug-likeness (QED) is 0.846. The number of rotatable bonds is 6. The lowest BCUT2D eigenvalue weighted by atomic mass is 10.0. The Balaban J connectivity index is 2.01. The number of hydrogen-bond donors (Lipinski definition) is 2. The average Bonchev–Trinajstić information content (AvgIpc) is 2.52. The molecule has 0 bridgehead atoms. The van der Waals surface area contributed by atoms with Crippen LogP contribution in [0.3, 0.4) is 0 Å². The van der Waals surface area contributed by atoms with E-state index in [1.54, 1.807) is 0 Å².